The van der Waals surface area contributed by atoms with Gasteiger partial charge in [0.1, 0.15) is 0 Å². The maximum atomic E-state index is 5.55. The van der Waals surface area contributed by atoms with Crippen molar-refractivity contribution >= 4 is 0 Å². The summed E-state index contributed by atoms with van der Waals surface area (Å²) in [6.45, 7) is 9.59. The van der Waals surface area contributed by atoms with Crippen molar-refractivity contribution in [2.45, 2.75) is 71.1 Å². The van der Waals surface area contributed by atoms with Crippen molar-refractivity contribution in [2.24, 2.45) is 11.3 Å². The van der Waals surface area contributed by atoms with E-state index in [2.05, 4.69) is 38.0 Å². The van der Waals surface area contributed by atoms with Gasteiger partial charge in [-0.2, -0.15) is 0 Å². The van der Waals surface area contributed by atoms with Crippen molar-refractivity contribution in [1.82, 2.24) is 10.2 Å². The van der Waals surface area contributed by atoms with Crippen LogP contribution < -0.4 is 5.32 Å². The first-order valence-corrected chi connectivity index (χ1v) is 8.46. The maximum absolute atomic E-state index is 5.55. The molecule has 2 fully saturated rings. The molecule has 1 aliphatic heterocycles. The normalized spacial score (nSPS) is 36.5. The number of ether oxygens (including phenoxy) is 1. The Morgan fingerprint density at radius 3 is 2.55 bits per heavy atom. The molecule has 20 heavy (non-hydrogen) atoms. The molecule has 0 radical (unpaired) electrons. The lowest BCUT2D eigenvalue weighted by Crippen LogP contribution is -2.53. The van der Waals surface area contributed by atoms with Crippen LogP contribution >= 0.6 is 0 Å². The number of rotatable bonds is 5. The van der Waals surface area contributed by atoms with Crippen molar-refractivity contribution in [3.8, 4) is 0 Å². The van der Waals surface area contributed by atoms with E-state index < -0.39 is 0 Å². The van der Waals surface area contributed by atoms with E-state index >= 15 is 0 Å². The van der Waals surface area contributed by atoms with Crippen molar-refractivity contribution < 1.29 is 4.74 Å². The van der Waals surface area contributed by atoms with Gasteiger partial charge < -0.3 is 10.1 Å². The van der Waals surface area contributed by atoms with Gasteiger partial charge >= 0.3 is 0 Å². The van der Waals surface area contributed by atoms with E-state index in [1.807, 2.05) is 7.11 Å². The van der Waals surface area contributed by atoms with Gasteiger partial charge in [0.2, 0.25) is 0 Å². The highest BCUT2D eigenvalue weighted by Crippen LogP contribution is 2.42. The molecule has 1 saturated heterocycles. The molecular weight excluding hydrogens is 248 g/mol. The highest BCUT2D eigenvalue weighted by atomic mass is 16.5. The summed E-state index contributed by atoms with van der Waals surface area (Å²) in [5.74, 6) is 0.865. The summed E-state index contributed by atoms with van der Waals surface area (Å²) in [5, 5.41) is 3.57. The van der Waals surface area contributed by atoms with Gasteiger partial charge in [-0.15, -0.1) is 0 Å². The van der Waals surface area contributed by atoms with Crippen LogP contribution in [0.3, 0.4) is 0 Å². The predicted molar refractivity (Wildman–Crippen MR) is 85.0 cm³/mol. The second-order valence-electron chi connectivity index (χ2n) is 7.46. The number of likely N-dealkylation sites (tertiary alicyclic amines) is 1. The number of likely N-dealkylation sites (N-methyl/N-ethyl adjacent to an activating group) is 1. The molecule has 1 N–H and O–H groups in total. The summed E-state index contributed by atoms with van der Waals surface area (Å²) in [6, 6.07) is 1.36. The number of hydrogen-bond acceptors (Lipinski definition) is 3. The third kappa shape index (κ3) is 3.37. The molecule has 0 aromatic carbocycles. The monoisotopic (exact) mass is 282 g/mol. The standard InChI is InChI=1S/C17H34N2O/c1-6-17(2,3)13-7-8-15(18-4)16(11-13)19-10-9-14(12-19)20-5/h13-16,18H,6-12H2,1-5H3. The van der Waals surface area contributed by atoms with E-state index in [0.717, 1.165) is 12.5 Å². The van der Waals surface area contributed by atoms with Crippen LogP contribution in [-0.2, 0) is 4.74 Å². The van der Waals surface area contributed by atoms with Crippen LogP contribution in [0.1, 0.15) is 52.9 Å². The van der Waals surface area contributed by atoms with Gasteiger partial charge in [0.25, 0.3) is 0 Å². The van der Waals surface area contributed by atoms with Crippen LogP contribution in [0.4, 0.5) is 0 Å². The van der Waals surface area contributed by atoms with Gasteiger partial charge in [-0.25, -0.2) is 0 Å². The van der Waals surface area contributed by atoms with Crippen LogP contribution in [0.2, 0.25) is 0 Å². The first-order chi connectivity index (χ1) is 9.51. The van der Waals surface area contributed by atoms with E-state index in [1.54, 1.807) is 0 Å². The first kappa shape index (κ1) is 16.3. The molecule has 1 saturated carbocycles. The lowest BCUT2D eigenvalue weighted by atomic mass is 9.67. The summed E-state index contributed by atoms with van der Waals surface area (Å²) in [7, 11) is 3.99. The SMILES string of the molecule is CCC(C)(C)C1CCC(NC)C(N2CCC(OC)C2)C1. The highest BCUT2D eigenvalue weighted by Gasteiger charge is 2.40. The van der Waals surface area contributed by atoms with Crippen molar-refractivity contribution in [3.63, 3.8) is 0 Å². The minimum absolute atomic E-state index is 0.451. The highest BCUT2D eigenvalue weighted by molar-refractivity contribution is 4.96. The van der Waals surface area contributed by atoms with Gasteiger partial charge in [-0.05, 0) is 44.1 Å². The molecular formula is C17H34N2O. The van der Waals surface area contributed by atoms with Crippen LogP contribution in [0.25, 0.3) is 0 Å². The zero-order valence-electron chi connectivity index (χ0n) is 14.1. The molecule has 0 spiro atoms. The molecule has 3 nitrogen and oxygen atoms in total. The number of nitrogens with zero attached hydrogens (tertiary/aromatic N) is 1. The lowest BCUT2D eigenvalue weighted by Gasteiger charge is -2.46. The van der Waals surface area contributed by atoms with Crippen LogP contribution in [0.15, 0.2) is 0 Å². The summed E-state index contributed by atoms with van der Waals surface area (Å²) >= 11 is 0. The fourth-order valence-corrected chi connectivity index (χ4v) is 4.13. The van der Waals surface area contributed by atoms with Crippen molar-refractivity contribution in [1.29, 1.82) is 0 Å². The minimum atomic E-state index is 0.451. The van der Waals surface area contributed by atoms with Gasteiger partial charge in [0.15, 0.2) is 0 Å². The molecule has 0 aromatic heterocycles. The van der Waals surface area contributed by atoms with E-state index in [0.29, 0.717) is 23.6 Å². The van der Waals surface area contributed by atoms with E-state index in [1.165, 1.54) is 38.6 Å². The van der Waals surface area contributed by atoms with E-state index in [9.17, 15) is 0 Å². The van der Waals surface area contributed by atoms with Gasteiger partial charge in [-0.1, -0.05) is 27.2 Å². The molecule has 118 valence electrons. The largest absolute Gasteiger partial charge is 0.380 e. The Morgan fingerprint density at radius 1 is 1.25 bits per heavy atom. The number of hydrogen-bond donors (Lipinski definition) is 1. The summed E-state index contributed by atoms with van der Waals surface area (Å²) in [6.07, 6.45) is 6.99. The summed E-state index contributed by atoms with van der Waals surface area (Å²) in [5.41, 5.74) is 0.483. The van der Waals surface area contributed by atoms with E-state index in [4.69, 9.17) is 4.74 Å². The molecule has 4 atom stereocenters. The van der Waals surface area contributed by atoms with Crippen LogP contribution in [-0.4, -0.2) is 50.3 Å². The maximum Gasteiger partial charge on any atom is 0.0710 e. The molecule has 0 aromatic rings. The summed E-state index contributed by atoms with van der Waals surface area (Å²) < 4.78 is 5.55. The Balaban J connectivity index is 2.03. The van der Waals surface area contributed by atoms with Crippen LogP contribution in [0.5, 0.6) is 0 Å². The van der Waals surface area contributed by atoms with Crippen LogP contribution in [0, 0.1) is 11.3 Å². The zero-order valence-corrected chi connectivity index (χ0v) is 14.1. The fraction of sp³-hybridized carbons (Fsp3) is 1.00. The quantitative estimate of drug-likeness (QED) is 0.839. The van der Waals surface area contributed by atoms with Gasteiger partial charge in [-0.3, -0.25) is 4.90 Å². The average molecular weight is 282 g/mol. The Morgan fingerprint density at radius 2 is 2.00 bits per heavy atom. The lowest BCUT2D eigenvalue weighted by molar-refractivity contribution is 0.0492. The Bertz CT molecular complexity index is 305. The first-order valence-electron chi connectivity index (χ1n) is 8.46. The molecule has 2 rings (SSSR count). The third-order valence-corrected chi connectivity index (χ3v) is 6.18. The van der Waals surface area contributed by atoms with Crippen molar-refractivity contribution in [2.75, 3.05) is 27.2 Å². The predicted octanol–water partition coefficient (Wildman–Crippen LogP) is 2.90. The molecule has 1 aliphatic carbocycles. The number of methoxy groups -OCH3 is 1. The molecule has 1 heterocycles. The third-order valence-electron chi connectivity index (χ3n) is 6.18. The molecule has 0 bridgehead atoms. The Hall–Kier alpha value is -0.120. The average Bonchev–Trinajstić information content (AvgIpc) is 2.95. The molecule has 0 amide bonds. The Labute approximate surface area is 125 Å². The molecule has 4 unspecified atom stereocenters. The van der Waals surface area contributed by atoms with E-state index in [-0.39, 0.29) is 0 Å². The smallest absolute Gasteiger partial charge is 0.0710 e. The fourth-order valence-electron chi connectivity index (χ4n) is 4.13. The topological polar surface area (TPSA) is 24.5 Å². The molecule has 3 heteroatoms. The summed E-state index contributed by atoms with van der Waals surface area (Å²) in [4.78, 5) is 2.69. The van der Waals surface area contributed by atoms with Gasteiger partial charge in [0, 0.05) is 32.3 Å². The van der Waals surface area contributed by atoms with Crippen molar-refractivity contribution in [3.05, 3.63) is 0 Å². The number of nitrogens with one attached hydrogen (secondary N) is 1. The second-order valence-corrected chi connectivity index (χ2v) is 7.46. The Kier molecular flexibility index (Phi) is 5.49. The van der Waals surface area contributed by atoms with Gasteiger partial charge in [0.05, 0.1) is 6.10 Å². The second kappa shape index (κ2) is 6.76. The molecule has 2 aliphatic rings. The zero-order chi connectivity index (χ0) is 14.8. The minimum Gasteiger partial charge on any atom is -0.380 e.